The molecule has 0 amide bonds. The van der Waals surface area contributed by atoms with Gasteiger partial charge in [-0.2, -0.15) is 0 Å². The summed E-state index contributed by atoms with van der Waals surface area (Å²) in [5.74, 6) is 0.714. The Morgan fingerprint density at radius 2 is 1.71 bits per heavy atom. The fraction of sp³-hybridized carbons (Fsp3) is 0.467. The lowest BCUT2D eigenvalue weighted by molar-refractivity contribution is 0.460. The van der Waals surface area contributed by atoms with Crippen molar-refractivity contribution < 1.29 is 0 Å². The van der Waals surface area contributed by atoms with Crippen LogP contribution in [0.4, 0.5) is 0 Å². The van der Waals surface area contributed by atoms with Crippen molar-refractivity contribution in [3.8, 4) is 0 Å². The highest BCUT2D eigenvalue weighted by Crippen LogP contribution is 2.25. The molecule has 1 saturated heterocycles. The summed E-state index contributed by atoms with van der Waals surface area (Å²) in [6.45, 7) is 10.0. The van der Waals surface area contributed by atoms with Crippen LogP contribution in [0, 0.1) is 0 Å². The molecule has 1 aliphatic heterocycles. The third-order valence-corrected chi connectivity index (χ3v) is 3.09. The molecule has 2 nitrogen and oxygen atoms in total. The second-order valence-corrected chi connectivity index (χ2v) is 4.17. The van der Waals surface area contributed by atoms with Gasteiger partial charge in [0.25, 0.3) is 0 Å². The van der Waals surface area contributed by atoms with E-state index in [-0.39, 0.29) is 0 Å². The van der Waals surface area contributed by atoms with E-state index >= 15 is 0 Å². The molecule has 0 radical (unpaired) electrons. The maximum absolute atomic E-state index is 5.64. The molecule has 3 N–H and O–H groups in total. The molecule has 17 heavy (non-hydrogen) atoms. The Morgan fingerprint density at radius 3 is 2.18 bits per heavy atom. The Balaban J connectivity index is 0.000000686. The zero-order valence-corrected chi connectivity index (χ0v) is 11.0. The highest BCUT2D eigenvalue weighted by Gasteiger charge is 2.14. The van der Waals surface area contributed by atoms with Crippen LogP contribution in [0.5, 0.6) is 0 Å². The van der Waals surface area contributed by atoms with E-state index in [0.717, 1.165) is 18.7 Å². The number of hydrogen-bond acceptors (Lipinski definition) is 2. The van der Waals surface area contributed by atoms with Gasteiger partial charge < -0.3 is 11.1 Å². The molecule has 0 atom stereocenters. The average Bonchev–Trinajstić information content (AvgIpc) is 2.42. The molecular weight excluding hydrogens is 208 g/mol. The standard InChI is InChI=1S/C13H18N2.C2H6/c1-10(14)11-2-4-12(5-3-11)13-6-8-15-9-7-13;1-2/h2-5,13,15H,1,6-9,14H2;1-2H3. The molecule has 1 heterocycles. The first kappa shape index (κ1) is 13.8. The van der Waals surface area contributed by atoms with Crippen LogP contribution in [0.15, 0.2) is 30.8 Å². The van der Waals surface area contributed by atoms with E-state index in [1.807, 2.05) is 13.8 Å². The van der Waals surface area contributed by atoms with Crippen LogP contribution in [0.1, 0.15) is 43.7 Å². The van der Waals surface area contributed by atoms with E-state index < -0.39 is 0 Å². The minimum Gasteiger partial charge on any atom is -0.399 e. The highest BCUT2D eigenvalue weighted by molar-refractivity contribution is 5.60. The van der Waals surface area contributed by atoms with Gasteiger partial charge in [0.1, 0.15) is 0 Å². The van der Waals surface area contributed by atoms with Crippen LogP contribution in [-0.2, 0) is 0 Å². The van der Waals surface area contributed by atoms with E-state index in [1.165, 1.54) is 18.4 Å². The van der Waals surface area contributed by atoms with Gasteiger partial charge in [-0.3, -0.25) is 0 Å². The summed E-state index contributed by atoms with van der Waals surface area (Å²) in [6.07, 6.45) is 2.48. The fourth-order valence-corrected chi connectivity index (χ4v) is 2.12. The van der Waals surface area contributed by atoms with Crippen LogP contribution < -0.4 is 11.1 Å². The van der Waals surface area contributed by atoms with Crippen LogP contribution in [-0.4, -0.2) is 13.1 Å². The van der Waals surface area contributed by atoms with E-state index in [0.29, 0.717) is 11.6 Å². The van der Waals surface area contributed by atoms with Crippen LogP contribution in [0.3, 0.4) is 0 Å². The summed E-state index contributed by atoms with van der Waals surface area (Å²) in [6, 6.07) is 8.51. The molecule has 0 spiro atoms. The van der Waals surface area contributed by atoms with Crippen molar-refractivity contribution in [1.82, 2.24) is 5.32 Å². The number of benzene rings is 1. The molecule has 0 unspecified atom stereocenters. The van der Waals surface area contributed by atoms with Crippen molar-refractivity contribution in [2.24, 2.45) is 5.73 Å². The third-order valence-electron chi connectivity index (χ3n) is 3.09. The molecule has 1 aliphatic rings. The molecular formula is C15H24N2. The second kappa shape index (κ2) is 7.13. The van der Waals surface area contributed by atoms with Gasteiger partial charge >= 0.3 is 0 Å². The van der Waals surface area contributed by atoms with E-state index in [1.54, 1.807) is 0 Å². The number of nitrogens with one attached hydrogen (secondary N) is 1. The summed E-state index contributed by atoms with van der Waals surface area (Å²) in [5.41, 5.74) is 8.75. The minimum absolute atomic E-state index is 0.645. The van der Waals surface area contributed by atoms with Gasteiger partial charge in [0.2, 0.25) is 0 Å². The zero-order chi connectivity index (χ0) is 12.7. The Morgan fingerprint density at radius 1 is 1.18 bits per heavy atom. The Bertz CT molecular complexity index is 334. The number of piperidine rings is 1. The van der Waals surface area contributed by atoms with E-state index in [4.69, 9.17) is 5.73 Å². The normalized spacial score (nSPS) is 15.9. The lowest BCUT2D eigenvalue weighted by atomic mass is 9.90. The summed E-state index contributed by atoms with van der Waals surface area (Å²) in [7, 11) is 0. The van der Waals surface area contributed by atoms with Crippen LogP contribution in [0.2, 0.25) is 0 Å². The molecule has 0 aromatic heterocycles. The molecule has 0 saturated carbocycles. The highest BCUT2D eigenvalue weighted by atomic mass is 14.9. The van der Waals surface area contributed by atoms with Gasteiger partial charge in [-0.05, 0) is 43.0 Å². The van der Waals surface area contributed by atoms with Crippen LogP contribution in [0.25, 0.3) is 5.70 Å². The number of nitrogens with two attached hydrogens (primary N) is 1. The Kier molecular flexibility index (Phi) is 5.78. The Hall–Kier alpha value is -1.28. The van der Waals surface area contributed by atoms with Crippen molar-refractivity contribution in [2.45, 2.75) is 32.6 Å². The zero-order valence-electron chi connectivity index (χ0n) is 11.0. The van der Waals surface area contributed by atoms with Crippen molar-refractivity contribution in [2.75, 3.05) is 13.1 Å². The number of rotatable bonds is 2. The summed E-state index contributed by atoms with van der Waals surface area (Å²) < 4.78 is 0. The Labute approximate surface area is 105 Å². The smallest absolute Gasteiger partial charge is 0.0314 e. The maximum Gasteiger partial charge on any atom is 0.0314 e. The summed E-state index contributed by atoms with van der Waals surface area (Å²) in [4.78, 5) is 0. The first-order valence-electron chi connectivity index (χ1n) is 6.53. The molecule has 2 heteroatoms. The largest absolute Gasteiger partial charge is 0.399 e. The first-order chi connectivity index (χ1) is 8.27. The molecule has 2 rings (SSSR count). The summed E-state index contributed by atoms with van der Waals surface area (Å²) >= 11 is 0. The van der Waals surface area contributed by atoms with Gasteiger partial charge in [0, 0.05) is 5.70 Å². The van der Waals surface area contributed by atoms with Crippen LogP contribution >= 0.6 is 0 Å². The van der Waals surface area contributed by atoms with Crippen molar-refractivity contribution >= 4 is 5.70 Å². The van der Waals surface area contributed by atoms with E-state index in [9.17, 15) is 0 Å². The van der Waals surface area contributed by atoms with Gasteiger partial charge in [0.05, 0.1) is 0 Å². The maximum atomic E-state index is 5.64. The predicted octanol–water partition coefficient (Wildman–Crippen LogP) is 3.11. The van der Waals surface area contributed by atoms with E-state index in [2.05, 4.69) is 36.2 Å². The first-order valence-corrected chi connectivity index (χ1v) is 6.53. The summed E-state index contributed by atoms with van der Waals surface area (Å²) in [5, 5.41) is 3.38. The monoisotopic (exact) mass is 232 g/mol. The molecule has 94 valence electrons. The van der Waals surface area contributed by atoms with Crippen molar-refractivity contribution in [3.05, 3.63) is 42.0 Å². The van der Waals surface area contributed by atoms with Gasteiger partial charge in [-0.1, -0.05) is 44.7 Å². The molecule has 1 aromatic rings. The SMILES string of the molecule is C=C(N)c1ccc(C2CCNCC2)cc1.CC. The lowest BCUT2D eigenvalue weighted by Crippen LogP contribution is -2.26. The number of hydrogen-bond donors (Lipinski definition) is 2. The fourth-order valence-electron chi connectivity index (χ4n) is 2.12. The molecule has 1 fully saturated rings. The van der Waals surface area contributed by atoms with Gasteiger partial charge in [-0.15, -0.1) is 0 Å². The van der Waals surface area contributed by atoms with Gasteiger partial charge in [0.15, 0.2) is 0 Å². The van der Waals surface area contributed by atoms with Crippen molar-refractivity contribution in [1.29, 1.82) is 0 Å². The molecule has 1 aromatic carbocycles. The second-order valence-electron chi connectivity index (χ2n) is 4.17. The minimum atomic E-state index is 0.645. The molecule has 0 bridgehead atoms. The van der Waals surface area contributed by atoms with Gasteiger partial charge in [-0.25, -0.2) is 0 Å². The quantitative estimate of drug-likeness (QED) is 0.822. The third kappa shape index (κ3) is 3.90. The lowest BCUT2D eigenvalue weighted by Gasteiger charge is -2.23. The van der Waals surface area contributed by atoms with Crippen molar-refractivity contribution in [3.63, 3.8) is 0 Å². The predicted molar refractivity (Wildman–Crippen MR) is 75.9 cm³/mol. The molecule has 0 aliphatic carbocycles. The average molecular weight is 232 g/mol. The topological polar surface area (TPSA) is 38.0 Å².